The molecule has 0 bridgehead atoms. The average molecular weight is 284 g/mol. The van der Waals surface area contributed by atoms with Crippen molar-refractivity contribution < 1.29 is 0 Å². The maximum atomic E-state index is 5.95. The van der Waals surface area contributed by atoms with Crippen LogP contribution in [0.2, 0.25) is 0 Å². The molecular formula is C17H24N4. The Hall–Kier alpha value is -2.10. The van der Waals surface area contributed by atoms with Crippen molar-refractivity contribution in [2.24, 2.45) is 0 Å². The summed E-state index contributed by atoms with van der Waals surface area (Å²) in [7, 11) is 0. The van der Waals surface area contributed by atoms with Crippen LogP contribution in [0.5, 0.6) is 0 Å². The molecule has 4 heteroatoms. The molecule has 0 unspecified atom stereocenters. The number of hydrogen-bond acceptors (Lipinski definition) is 4. The van der Waals surface area contributed by atoms with Crippen molar-refractivity contribution in [3.8, 4) is 0 Å². The van der Waals surface area contributed by atoms with Crippen molar-refractivity contribution >= 4 is 17.3 Å². The van der Waals surface area contributed by atoms with Crippen LogP contribution in [-0.2, 0) is 11.8 Å². The van der Waals surface area contributed by atoms with Crippen LogP contribution in [0.1, 0.15) is 45.2 Å². The molecule has 1 aromatic heterocycles. The van der Waals surface area contributed by atoms with Gasteiger partial charge in [-0.1, -0.05) is 46.2 Å². The van der Waals surface area contributed by atoms with E-state index in [1.807, 2.05) is 0 Å². The number of nitrogens with one attached hydrogen (secondary N) is 1. The molecule has 0 aliphatic carbocycles. The zero-order chi connectivity index (χ0) is 15.5. The molecule has 1 heterocycles. The van der Waals surface area contributed by atoms with Gasteiger partial charge in [-0.05, 0) is 29.5 Å². The summed E-state index contributed by atoms with van der Waals surface area (Å²) < 4.78 is 0. The molecule has 3 N–H and O–H groups in total. The third-order valence-electron chi connectivity index (χ3n) is 3.49. The predicted molar refractivity (Wildman–Crippen MR) is 88.9 cm³/mol. The van der Waals surface area contributed by atoms with E-state index < -0.39 is 0 Å². The lowest BCUT2D eigenvalue weighted by molar-refractivity contribution is 0.590. The molecule has 0 amide bonds. The fourth-order valence-electron chi connectivity index (χ4n) is 2.22. The Labute approximate surface area is 126 Å². The largest absolute Gasteiger partial charge is 0.383 e. The minimum Gasteiger partial charge on any atom is -0.383 e. The van der Waals surface area contributed by atoms with Crippen LogP contribution in [-0.4, -0.2) is 9.97 Å². The van der Waals surface area contributed by atoms with Gasteiger partial charge in [0, 0.05) is 11.3 Å². The van der Waals surface area contributed by atoms with E-state index in [1.165, 1.54) is 11.9 Å². The summed E-state index contributed by atoms with van der Waals surface area (Å²) in [6, 6.07) is 8.45. The van der Waals surface area contributed by atoms with Gasteiger partial charge in [-0.2, -0.15) is 0 Å². The first-order chi connectivity index (χ1) is 9.91. The molecule has 0 radical (unpaired) electrons. The molecule has 112 valence electrons. The Kier molecular flexibility index (Phi) is 4.46. The normalized spacial score (nSPS) is 11.4. The second-order valence-corrected chi connectivity index (χ2v) is 6.29. The number of rotatable bonds is 4. The standard InChI is InChI=1S/C17H24N4/c1-5-6-14-15(18)19-11-20-16(14)21-13-9-7-12(8-10-13)17(2,3)4/h7-11H,5-6H2,1-4H3,(H3,18,19,20,21). The highest BCUT2D eigenvalue weighted by atomic mass is 15.0. The highest BCUT2D eigenvalue weighted by Crippen LogP contribution is 2.26. The summed E-state index contributed by atoms with van der Waals surface area (Å²) >= 11 is 0. The van der Waals surface area contributed by atoms with Crippen molar-refractivity contribution in [3.63, 3.8) is 0 Å². The van der Waals surface area contributed by atoms with Gasteiger partial charge in [0.25, 0.3) is 0 Å². The third kappa shape index (κ3) is 3.72. The number of benzene rings is 1. The molecule has 0 fully saturated rings. The van der Waals surface area contributed by atoms with Gasteiger partial charge in [0.05, 0.1) is 0 Å². The molecule has 21 heavy (non-hydrogen) atoms. The lowest BCUT2D eigenvalue weighted by Gasteiger charge is -2.19. The van der Waals surface area contributed by atoms with Gasteiger partial charge in [-0.25, -0.2) is 9.97 Å². The fourth-order valence-corrected chi connectivity index (χ4v) is 2.22. The van der Waals surface area contributed by atoms with E-state index in [-0.39, 0.29) is 5.41 Å². The first-order valence-electron chi connectivity index (χ1n) is 7.38. The Morgan fingerprint density at radius 3 is 2.33 bits per heavy atom. The quantitative estimate of drug-likeness (QED) is 0.889. The van der Waals surface area contributed by atoms with E-state index in [0.717, 1.165) is 29.9 Å². The maximum absolute atomic E-state index is 5.95. The molecule has 0 aliphatic heterocycles. The van der Waals surface area contributed by atoms with Crippen molar-refractivity contribution in [2.45, 2.75) is 46.0 Å². The van der Waals surface area contributed by atoms with Gasteiger partial charge < -0.3 is 11.1 Å². The maximum Gasteiger partial charge on any atom is 0.139 e. The SMILES string of the molecule is CCCc1c(N)ncnc1Nc1ccc(C(C)(C)C)cc1. The average Bonchev–Trinajstić information content (AvgIpc) is 2.42. The number of nitrogens with zero attached hydrogens (tertiary/aromatic N) is 2. The molecule has 0 saturated carbocycles. The van der Waals surface area contributed by atoms with E-state index in [0.29, 0.717) is 5.82 Å². The Bertz CT molecular complexity index is 597. The summed E-state index contributed by atoms with van der Waals surface area (Å²) in [6.07, 6.45) is 3.38. The molecular weight excluding hydrogens is 260 g/mol. The number of nitrogens with two attached hydrogens (primary N) is 1. The molecule has 2 aromatic rings. The van der Waals surface area contributed by atoms with Crippen LogP contribution in [0.4, 0.5) is 17.3 Å². The van der Waals surface area contributed by atoms with Crippen LogP contribution in [0.3, 0.4) is 0 Å². The lowest BCUT2D eigenvalue weighted by atomic mass is 9.87. The van der Waals surface area contributed by atoms with E-state index in [4.69, 9.17) is 5.73 Å². The Morgan fingerprint density at radius 1 is 1.10 bits per heavy atom. The van der Waals surface area contributed by atoms with Gasteiger partial charge in [-0.3, -0.25) is 0 Å². The van der Waals surface area contributed by atoms with Gasteiger partial charge in [0.1, 0.15) is 18.0 Å². The van der Waals surface area contributed by atoms with Crippen molar-refractivity contribution in [3.05, 3.63) is 41.7 Å². The number of nitrogen functional groups attached to an aromatic ring is 1. The molecule has 0 spiro atoms. The zero-order valence-electron chi connectivity index (χ0n) is 13.3. The summed E-state index contributed by atoms with van der Waals surface area (Å²) in [6.45, 7) is 8.74. The summed E-state index contributed by atoms with van der Waals surface area (Å²) in [5, 5.41) is 3.35. The first-order valence-corrected chi connectivity index (χ1v) is 7.38. The predicted octanol–water partition coefficient (Wildman–Crippen LogP) is 4.05. The Balaban J connectivity index is 2.24. The highest BCUT2D eigenvalue weighted by Gasteiger charge is 2.13. The van der Waals surface area contributed by atoms with Gasteiger partial charge in [-0.15, -0.1) is 0 Å². The molecule has 0 saturated heterocycles. The van der Waals surface area contributed by atoms with E-state index in [9.17, 15) is 0 Å². The van der Waals surface area contributed by atoms with Crippen molar-refractivity contribution in [2.75, 3.05) is 11.1 Å². The minimum absolute atomic E-state index is 0.158. The molecule has 0 aliphatic rings. The topological polar surface area (TPSA) is 63.8 Å². The highest BCUT2D eigenvalue weighted by molar-refractivity contribution is 5.64. The third-order valence-corrected chi connectivity index (χ3v) is 3.49. The van der Waals surface area contributed by atoms with Crippen LogP contribution >= 0.6 is 0 Å². The molecule has 0 atom stereocenters. The van der Waals surface area contributed by atoms with Gasteiger partial charge >= 0.3 is 0 Å². The smallest absolute Gasteiger partial charge is 0.139 e. The van der Waals surface area contributed by atoms with Crippen molar-refractivity contribution in [1.82, 2.24) is 9.97 Å². The first kappa shape index (κ1) is 15.3. The van der Waals surface area contributed by atoms with Gasteiger partial charge in [0.2, 0.25) is 0 Å². The molecule has 2 rings (SSSR count). The van der Waals surface area contributed by atoms with Crippen LogP contribution in [0.15, 0.2) is 30.6 Å². The summed E-state index contributed by atoms with van der Waals surface area (Å²) in [5.74, 6) is 1.36. The van der Waals surface area contributed by atoms with E-state index in [2.05, 4.69) is 67.2 Å². The van der Waals surface area contributed by atoms with Crippen LogP contribution in [0, 0.1) is 0 Å². The monoisotopic (exact) mass is 284 g/mol. The zero-order valence-corrected chi connectivity index (χ0v) is 13.3. The summed E-state index contributed by atoms with van der Waals surface area (Å²) in [4.78, 5) is 8.40. The minimum atomic E-state index is 0.158. The molecule has 1 aromatic carbocycles. The Morgan fingerprint density at radius 2 is 1.76 bits per heavy atom. The lowest BCUT2D eigenvalue weighted by Crippen LogP contribution is -2.10. The van der Waals surface area contributed by atoms with Crippen LogP contribution < -0.4 is 11.1 Å². The molecule has 4 nitrogen and oxygen atoms in total. The van der Waals surface area contributed by atoms with Gasteiger partial charge in [0.15, 0.2) is 0 Å². The second kappa shape index (κ2) is 6.12. The fraction of sp³-hybridized carbons (Fsp3) is 0.412. The van der Waals surface area contributed by atoms with E-state index >= 15 is 0 Å². The number of anilines is 3. The summed E-state index contributed by atoms with van der Waals surface area (Å²) in [5.41, 5.74) is 9.42. The van der Waals surface area contributed by atoms with Crippen molar-refractivity contribution in [1.29, 1.82) is 0 Å². The second-order valence-electron chi connectivity index (χ2n) is 6.29. The number of hydrogen-bond donors (Lipinski definition) is 2. The number of aromatic nitrogens is 2. The van der Waals surface area contributed by atoms with Crippen LogP contribution in [0.25, 0.3) is 0 Å². The van der Waals surface area contributed by atoms with E-state index in [1.54, 1.807) is 0 Å².